The molecule has 8 N–H and O–H groups in total. The number of hydrogen-bond acceptors (Lipinski definition) is 11. The number of aromatic nitrogens is 4. The molecule has 8 heterocycles. The van der Waals surface area contributed by atoms with Crippen LogP contribution in [-0.4, -0.2) is 101 Å². The van der Waals surface area contributed by atoms with E-state index >= 15 is 0 Å². The maximum Gasteiger partial charge on any atom is 0.280 e. The predicted molar refractivity (Wildman–Crippen MR) is 472 cm³/mol. The van der Waals surface area contributed by atoms with Crippen LogP contribution in [0.25, 0.3) is 49.9 Å². The summed E-state index contributed by atoms with van der Waals surface area (Å²) in [6.45, 7) is 7.23. The van der Waals surface area contributed by atoms with Gasteiger partial charge in [-0.25, -0.2) is 24.8 Å². The van der Waals surface area contributed by atoms with Crippen LogP contribution in [0.1, 0.15) is 91.5 Å². The van der Waals surface area contributed by atoms with Crippen molar-refractivity contribution in [3.05, 3.63) is 280 Å². The van der Waals surface area contributed by atoms with Gasteiger partial charge < -0.3 is 49.8 Å². The van der Waals surface area contributed by atoms with Gasteiger partial charge in [-0.1, -0.05) is 188 Å². The maximum absolute atomic E-state index is 13.0. The molecule has 0 saturated carbocycles. The van der Waals surface area contributed by atoms with Crippen LogP contribution in [0, 0.1) is 32.2 Å². The Kier molecular flexibility index (Phi) is 24.5. The third-order valence-corrected chi connectivity index (χ3v) is 24.8. The fraction of sp³-hybridized carbons (Fsp3) is 0.0263. The second kappa shape index (κ2) is 33.3. The zero-order valence-electron chi connectivity index (χ0n) is 55.5. The van der Waals surface area contributed by atoms with Gasteiger partial charge in [-0.2, -0.15) is 5.26 Å². The minimum Gasteiger partial charge on any atom is -0.495 e. The fourth-order valence-electron chi connectivity index (χ4n) is 12.4. The number of methoxy groups -OCH3 is 2. The van der Waals surface area contributed by atoms with Crippen LogP contribution in [0.15, 0.2) is 141 Å². The molecule has 0 aliphatic carbocycles. The van der Waals surface area contributed by atoms with Gasteiger partial charge in [0.15, 0.2) is 23.5 Å². The van der Waals surface area contributed by atoms with Crippen molar-refractivity contribution in [1.29, 1.82) is 5.26 Å². The van der Waals surface area contributed by atoms with Crippen molar-refractivity contribution in [3.8, 4) is 86.1 Å². The van der Waals surface area contributed by atoms with Gasteiger partial charge in [0, 0.05) is 59.0 Å². The molecule has 0 radical (unpaired) electrons. The van der Waals surface area contributed by atoms with Gasteiger partial charge in [0.1, 0.15) is 17.6 Å². The molecule has 4 amide bonds. The molecule has 16 rings (SSSR count). The van der Waals surface area contributed by atoms with Crippen molar-refractivity contribution >= 4 is 282 Å². The average molecular weight is 2180 g/mol. The largest absolute Gasteiger partial charge is 0.495 e. The third-order valence-electron chi connectivity index (χ3n) is 17.2. The summed E-state index contributed by atoms with van der Waals surface area (Å²) in [6, 6.07) is 37.4. The Morgan fingerprint density at radius 3 is 1.11 bits per heavy atom. The van der Waals surface area contributed by atoms with E-state index in [1.54, 1.807) is 111 Å². The van der Waals surface area contributed by atoms with Gasteiger partial charge in [0.25, 0.3) is 23.6 Å². The van der Waals surface area contributed by atoms with E-state index in [1.165, 1.54) is 0 Å². The lowest BCUT2D eigenvalue weighted by atomic mass is 9.99. The van der Waals surface area contributed by atoms with E-state index in [9.17, 15) is 44.9 Å². The highest BCUT2D eigenvalue weighted by Crippen LogP contribution is 2.53. The number of aromatic hydroxyl groups is 4. The van der Waals surface area contributed by atoms with E-state index in [2.05, 4.69) is 135 Å². The van der Waals surface area contributed by atoms with Gasteiger partial charge in [0.05, 0.1) is 171 Å². The zero-order valence-corrected chi connectivity index (χ0v) is 73.2. The van der Waals surface area contributed by atoms with Crippen molar-refractivity contribution in [2.75, 3.05) is 14.2 Å². The molecule has 0 unspecified atom stereocenters. The molecule has 4 aliphatic heterocycles. The van der Waals surface area contributed by atoms with Crippen molar-refractivity contribution in [1.82, 2.24) is 19.9 Å². The molecular weight excluding hydrogens is 2150 g/mol. The molecule has 8 aromatic carbocycles. The second-order valence-electron chi connectivity index (χ2n) is 23.6. The van der Waals surface area contributed by atoms with Gasteiger partial charge in [-0.15, -0.1) is 0 Å². The smallest absolute Gasteiger partial charge is 0.280 e. The molecule has 0 spiro atoms. The predicted octanol–water partition coefficient (Wildman–Crippen LogP) is 24.2. The van der Waals surface area contributed by atoms with Crippen LogP contribution in [0.3, 0.4) is 0 Å². The van der Waals surface area contributed by atoms with E-state index in [0.29, 0.717) is 104 Å². The van der Waals surface area contributed by atoms with Crippen LogP contribution in [0.5, 0.6) is 35.0 Å². The molecule has 0 fully saturated rings. The number of hydrogen-bond donors (Lipinski definition) is 8. The number of aromatic amines is 4. The number of amides is 4. The van der Waals surface area contributed by atoms with E-state index in [4.69, 9.17) is 155 Å². The first-order valence-electron chi connectivity index (χ1n) is 31.3. The first-order chi connectivity index (χ1) is 53.3. The zero-order chi connectivity index (χ0) is 80.6. The summed E-state index contributed by atoms with van der Waals surface area (Å²) in [4.78, 5) is 81.7. The summed E-state index contributed by atoms with van der Waals surface area (Å²) < 4.78 is 14.5. The summed E-state index contributed by atoms with van der Waals surface area (Å²) in [5.41, 5.74) is 8.54. The number of halogens is 16. The number of ether oxygens (including phenoxy) is 2. The molecule has 0 saturated heterocycles. The molecule has 12 aromatic rings. The number of rotatable bonds is 10. The van der Waals surface area contributed by atoms with Crippen LogP contribution in [0.2, 0.25) is 60.3 Å². The summed E-state index contributed by atoms with van der Waals surface area (Å²) in [5.74, 6) is -1.26. The molecule has 560 valence electrons. The number of carbonyl (C=O) groups is 4. The quantitative estimate of drug-likeness (QED) is 0.0361. The molecule has 4 aromatic heterocycles. The number of H-pyrrole nitrogens is 4. The Bertz CT molecular complexity index is 6270. The van der Waals surface area contributed by atoms with Crippen LogP contribution < -0.4 is 9.47 Å². The molecular formula is C76H34Cl12I4N10O10. The average Bonchev–Trinajstić information content (AvgIpc) is 1.58. The summed E-state index contributed by atoms with van der Waals surface area (Å²) in [5, 5.41) is 52.0. The first-order valence-corrected chi connectivity index (χ1v) is 40.1. The monoisotopic (exact) mass is 2170 g/mol. The fourth-order valence-corrected chi connectivity index (χ4v) is 19.7. The molecule has 112 heavy (non-hydrogen) atoms. The number of fused-ring (bicyclic) bond motifs is 4. The minimum absolute atomic E-state index is 0.0460. The maximum atomic E-state index is 13.0. The third kappa shape index (κ3) is 15.1. The molecule has 4 aliphatic rings. The Morgan fingerprint density at radius 2 is 0.696 bits per heavy atom. The van der Waals surface area contributed by atoms with Crippen LogP contribution in [-0.2, 0) is 0 Å². The topological polar surface area (TPSA) is 308 Å². The number of nitrogens with zero attached hydrogens (tertiary/aromatic N) is 6. The van der Waals surface area contributed by atoms with Crippen molar-refractivity contribution in [3.63, 3.8) is 0 Å². The first kappa shape index (κ1) is 82.4. The number of nitrogens with one attached hydrogen (secondary N) is 4. The lowest BCUT2D eigenvalue weighted by Gasteiger charge is -2.12. The molecule has 0 bridgehead atoms. The van der Waals surface area contributed by atoms with Gasteiger partial charge in [-0.05, 0) is 169 Å². The Balaban J connectivity index is 0.000000132. The second-order valence-corrected chi connectivity index (χ2v) is 33.1. The van der Waals surface area contributed by atoms with E-state index in [-0.39, 0.29) is 109 Å². The van der Waals surface area contributed by atoms with Crippen molar-refractivity contribution < 1.29 is 49.1 Å². The minimum atomic E-state index is -0.825. The molecule has 36 heteroatoms. The van der Waals surface area contributed by atoms with Gasteiger partial charge in [0.2, 0.25) is 5.69 Å². The molecule has 0 atom stereocenters. The Hall–Kier alpha value is -7.58. The molecule has 20 nitrogen and oxygen atoms in total. The Morgan fingerprint density at radius 1 is 0.366 bits per heavy atom. The number of benzene rings is 8. The highest BCUT2D eigenvalue weighted by atomic mass is 127. The lowest BCUT2D eigenvalue weighted by molar-refractivity contribution is 0.0998. The normalized spacial score (nSPS) is 12.8. The van der Waals surface area contributed by atoms with E-state index in [1.807, 2.05) is 30.3 Å². The Labute approximate surface area is 747 Å². The lowest BCUT2D eigenvalue weighted by Crippen LogP contribution is -2.03. The van der Waals surface area contributed by atoms with Crippen LogP contribution >= 0.6 is 230 Å². The van der Waals surface area contributed by atoms with Gasteiger partial charge >= 0.3 is 0 Å². The number of nitriles is 1. The van der Waals surface area contributed by atoms with E-state index < -0.39 is 23.6 Å². The van der Waals surface area contributed by atoms with Crippen LogP contribution in [0.4, 0.5) is 5.69 Å². The SMILES string of the molecule is COc1c(I)cc(C2=NC(=O)c3c(-c4cc(I)c(OC)c(I)c4)[nH]c(O)c32)cc1I.O=C1N=C(c2ccc(Cl)cc2)c2c(O)[nH]c(-c3ccc(Cl)cc3)c21.O=C1N=C(c2cccc(Cl)c2)c2c(O)[nH]c(-c3cccc(Cl)c3)c21.[C-]#[N+]c1c(Cl)c(Cl)c(C2=NC(=O)c3c(-c4c(Cl)c(Cl)c(C#N)c(Cl)c4Cl)[nH]c(O)c32)c(Cl)c1Cl. The summed E-state index contributed by atoms with van der Waals surface area (Å²) in [6.07, 6.45) is 0. The standard InChI is InChI=1S/C20H2Cl8N4O2.C20H12I4N2O4.2C18H10Cl2N2O2/c1-30-18-14(27)12(25)7(13(26)15(18)28)17-5-4(19(33)32-17)16(31-20(5)34)6-10(23)8(21)3(2-29)9(22)11(6)24;1-29-17-9(21)3-7(4-10(17)22)15-13-14(20(28)25-15)16(26-19(13)27)8-5-11(23)18(30-2)12(24)6-8;19-11-5-1-9(2-6-11)15-13-14(18(24)21-15)16(22-17(13)23)10-3-7-12(20)8-4-10;19-11-5-1-3-9(7-11)15-13-14(18(24)21-15)16(22-17(13)23)10-4-2-6-12(20)8-10/h31,34H;3-6,25,28H,1-2H3;2*1-8,21,24H. The highest BCUT2D eigenvalue weighted by molar-refractivity contribution is 14.1. The van der Waals surface area contributed by atoms with Gasteiger partial charge in [-0.3, -0.25) is 19.2 Å². The summed E-state index contributed by atoms with van der Waals surface area (Å²) in [7, 11) is 3.24. The summed E-state index contributed by atoms with van der Waals surface area (Å²) >= 11 is 82.7. The highest BCUT2D eigenvalue weighted by Gasteiger charge is 2.41. The number of aliphatic imine (C=N–C) groups is 4. The van der Waals surface area contributed by atoms with Crippen molar-refractivity contribution in [2.24, 2.45) is 20.0 Å². The number of carbonyl (C=O) groups excluding carboxylic acids is 4. The van der Waals surface area contributed by atoms with Crippen molar-refractivity contribution in [2.45, 2.75) is 0 Å². The van der Waals surface area contributed by atoms with E-state index in [0.717, 1.165) is 42.5 Å².